The van der Waals surface area contributed by atoms with Crippen molar-refractivity contribution in [2.24, 2.45) is 0 Å². The van der Waals surface area contributed by atoms with E-state index in [1.54, 1.807) is 79.0 Å². The Bertz CT molecular complexity index is 3620. The van der Waals surface area contributed by atoms with Gasteiger partial charge in [0.15, 0.2) is 5.16 Å². The van der Waals surface area contributed by atoms with E-state index in [1.165, 1.54) is 18.7 Å². The van der Waals surface area contributed by atoms with E-state index in [2.05, 4.69) is 52.8 Å². The van der Waals surface area contributed by atoms with E-state index in [0.717, 1.165) is 88.8 Å². The van der Waals surface area contributed by atoms with Gasteiger partial charge < -0.3 is 58.4 Å². The number of carbonyl (C=O) groups is 2. The minimum absolute atomic E-state index is 0. The minimum Gasteiger partial charge on any atom is -0.507 e. The third kappa shape index (κ3) is 17.3. The van der Waals surface area contributed by atoms with E-state index in [-0.39, 0.29) is 35.2 Å². The minimum atomic E-state index is -1.04. The predicted molar refractivity (Wildman–Crippen MR) is 337 cm³/mol. The van der Waals surface area contributed by atoms with Gasteiger partial charge in [0.25, 0.3) is 0 Å². The number of esters is 1. The molecule has 0 aliphatic rings. The van der Waals surface area contributed by atoms with Crippen LogP contribution in [0.2, 0.25) is 0 Å². The summed E-state index contributed by atoms with van der Waals surface area (Å²) >= 11 is 1.62. The first kappa shape index (κ1) is 64.5. The van der Waals surface area contributed by atoms with Crippen LogP contribution < -0.4 is 28.4 Å². The molecule has 0 aliphatic heterocycles. The third-order valence-electron chi connectivity index (χ3n) is 13.6. The van der Waals surface area contributed by atoms with Crippen LogP contribution in [0.1, 0.15) is 102 Å². The van der Waals surface area contributed by atoms with Crippen molar-refractivity contribution in [3.63, 3.8) is 0 Å². The summed E-state index contributed by atoms with van der Waals surface area (Å²) in [7, 11) is 1.35. The molecule has 0 atom stereocenters. The van der Waals surface area contributed by atoms with Crippen molar-refractivity contribution in [2.45, 2.75) is 90.0 Å². The fourth-order valence-corrected chi connectivity index (χ4v) is 10.1. The number of carboxylic acids is 1. The van der Waals surface area contributed by atoms with Crippen molar-refractivity contribution in [3.8, 4) is 80.0 Å². The molecular weight excluding hydrogens is 1130 g/mol. The Morgan fingerprint density at radius 2 is 1.02 bits per heavy atom. The first-order valence-corrected chi connectivity index (χ1v) is 29.5. The number of halogens is 1. The number of benzene rings is 7. The lowest BCUT2D eigenvalue weighted by atomic mass is 10.0. The van der Waals surface area contributed by atoms with Crippen LogP contribution in [-0.4, -0.2) is 80.7 Å². The molecule has 0 spiro atoms. The number of ether oxygens (including phenoxy) is 7. The lowest BCUT2D eigenvalue weighted by molar-refractivity contribution is 0.0596. The molecule has 0 saturated heterocycles. The summed E-state index contributed by atoms with van der Waals surface area (Å²) < 4.78 is 41.6. The third-order valence-corrected chi connectivity index (χ3v) is 14.6. The zero-order valence-corrected chi connectivity index (χ0v) is 50.6. The number of aromatic hydroxyl groups is 2. The van der Waals surface area contributed by atoms with Crippen molar-refractivity contribution < 1.29 is 58.1 Å². The molecule has 0 unspecified atom stereocenters. The fraction of sp³-hybridized carbons (Fsp3) is 0.265. The van der Waals surface area contributed by atoms with E-state index in [1.807, 2.05) is 79.7 Å². The number of rotatable bonds is 29. The van der Waals surface area contributed by atoms with Crippen LogP contribution >= 0.6 is 24.2 Å². The molecule has 86 heavy (non-hydrogen) atoms. The summed E-state index contributed by atoms with van der Waals surface area (Å²) in [6.45, 7) is 9.96. The van der Waals surface area contributed by atoms with Gasteiger partial charge in [-0.2, -0.15) is 0 Å². The molecule has 0 fully saturated rings. The molecule has 7 aromatic carbocycles. The smallest absolute Gasteiger partial charge is 0.341 e. The van der Waals surface area contributed by atoms with Crippen molar-refractivity contribution in [3.05, 3.63) is 197 Å². The molecule has 0 amide bonds. The quantitative estimate of drug-likeness (QED) is 0.0167. The van der Waals surface area contributed by atoms with E-state index in [4.69, 9.17) is 33.2 Å². The van der Waals surface area contributed by atoms with Gasteiger partial charge in [-0.25, -0.2) is 19.6 Å². The number of hydrogen-bond acceptors (Lipinski definition) is 14. The number of thioether (sulfide) groups is 1. The second-order valence-electron chi connectivity index (χ2n) is 19.6. The Labute approximate surface area is 512 Å². The average molecular weight is 1210 g/mol. The highest BCUT2D eigenvalue weighted by Crippen LogP contribution is 2.40. The zero-order valence-electron chi connectivity index (χ0n) is 48.9. The number of nitrogens with one attached hydrogen (secondary N) is 2. The number of para-hydroxylation sites is 2. The molecule has 16 nitrogen and oxygen atoms in total. The molecule has 0 radical (unpaired) electrons. The van der Waals surface area contributed by atoms with Gasteiger partial charge in [-0.3, -0.25) is 0 Å². The van der Waals surface area contributed by atoms with Crippen LogP contribution in [0.4, 0.5) is 0 Å². The maximum absolute atomic E-state index is 12.3. The number of phenolic OH excluding ortho intramolecular Hbond substituents is 2. The van der Waals surface area contributed by atoms with Crippen LogP contribution in [0.3, 0.4) is 0 Å². The van der Waals surface area contributed by atoms with Gasteiger partial charge in [-0.05, 0) is 103 Å². The number of phenols is 2. The predicted octanol–water partition coefficient (Wildman–Crippen LogP) is 16.1. The Kier molecular flexibility index (Phi) is 24.6. The highest BCUT2D eigenvalue weighted by molar-refractivity contribution is 7.98. The molecule has 9 aromatic rings. The Morgan fingerprint density at radius 3 is 1.52 bits per heavy atom. The zero-order chi connectivity index (χ0) is 59.9. The number of hydrogen-bond donors (Lipinski definition) is 5. The van der Waals surface area contributed by atoms with Crippen molar-refractivity contribution in [2.75, 3.05) is 33.5 Å². The molecule has 2 aromatic heterocycles. The van der Waals surface area contributed by atoms with Gasteiger partial charge >= 0.3 is 11.9 Å². The molecule has 5 N–H and O–H groups in total. The highest BCUT2D eigenvalue weighted by atomic mass is 35.5. The van der Waals surface area contributed by atoms with Gasteiger partial charge in [0.05, 0.1) is 63.6 Å². The summed E-state index contributed by atoms with van der Waals surface area (Å²) in [5.74, 6) is 4.24. The summed E-state index contributed by atoms with van der Waals surface area (Å²) in [4.78, 5) is 38.7. The van der Waals surface area contributed by atoms with Gasteiger partial charge in [-0.1, -0.05) is 119 Å². The second-order valence-corrected chi connectivity index (χ2v) is 20.5. The van der Waals surface area contributed by atoms with Crippen LogP contribution in [0.15, 0.2) is 163 Å². The number of aryl methyl sites for hydroxylation is 2. The van der Waals surface area contributed by atoms with Gasteiger partial charge in [0, 0.05) is 53.0 Å². The van der Waals surface area contributed by atoms with E-state index >= 15 is 0 Å². The standard InChI is InChI=1S/C38H40N2O6S.C30H32N2O6.ClH/c1-4-13-28-33(18-11-19-34(28)46-35-17-10-9-16-29(35)37(42)43-3)44-20-12-21-45-36-23-32(41)30(22-27(36)5-2)31-24-39-38(40-31)47-25-26-14-7-6-8-15-26;1-3-9-21-26(12-7-13-27(21)38-28-11-6-5-10-22(28)30(34)35)36-14-8-15-37-29-17-25(33)23(16-20(29)4-2)24-18-31-19-32-24;/h6-11,14-19,22-24,41H,4-5,12-13,20-21,25H2,1-3H3,(H,39,40);5-7,10-13,16-19,33H,3-4,8-9,14-15H2,1-2H3,(H,31,32)(H,34,35);1H. The summed E-state index contributed by atoms with van der Waals surface area (Å²) in [6.07, 6.45) is 11.0. The molecule has 18 heteroatoms. The second kappa shape index (κ2) is 32.9. The van der Waals surface area contributed by atoms with Crippen molar-refractivity contribution in [1.29, 1.82) is 0 Å². The topological polar surface area (TPSA) is 217 Å². The average Bonchev–Trinajstić information content (AvgIpc) is 3.77. The fourth-order valence-electron chi connectivity index (χ4n) is 9.32. The number of aromatic nitrogens is 4. The monoisotopic (exact) mass is 1200 g/mol. The Hall–Kier alpha value is -9.06. The number of nitrogens with zero attached hydrogens (tertiary/aromatic N) is 2. The molecule has 0 saturated carbocycles. The largest absolute Gasteiger partial charge is 0.507 e. The van der Waals surface area contributed by atoms with Crippen LogP contribution in [0.25, 0.3) is 22.5 Å². The van der Waals surface area contributed by atoms with Gasteiger partial charge in [0.2, 0.25) is 0 Å². The Balaban J connectivity index is 0.000000249. The first-order chi connectivity index (χ1) is 41.5. The lowest BCUT2D eigenvalue weighted by Gasteiger charge is -2.17. The SMILES string of the molecule is CCCc1c(OCCCOc2cc(O)c(-c3cnc(SCc4ccccc4)[nH]3)cc2CC)cccc1Oc1ccccc1C(=O)OC.CCCc1c(OCCCOc2cc(O)c(-c3cnc[nH]3)cc2CC)cccc1Oc1ccccc1C(=O)O.Cl. The van der Waals surface area contributed by atoms with Crippen molar-refractivity contribution in [1.82, 2.24) is 19.9 Å². The molecule has 0 bridgehead atoms. The van der Waals surface area contributed by atoms with E-state index in [9.17, 15) is 24.9 Å². The number of H-pyrrole nitrogens is 2. The highest BCUT2D eigenvalue weighted by Gasteiger charge is 2.20. The number of methoxy groups -OCH3 is 1. The lowest BCUT2D eigenvalue weighted by Crippen LogP contribution is -2.08. The van der Waals surface area contributed by atoms with Crippen LogP contribution in [0, 0.1) is 0 Å². The number of imidazole rings is 2. The summed E-state index contributed by atoms with van der Waals surface area (Å²) in [6, 6.07) is 42.3. The molecule has 2 heterocycles. The van der Waals surface area contributed by atoms with E-state index in [0.29, 0.717) is 90.5 Å². The van der Waals surface area contributed by atoms with Gasteiger partial charge in [-0.15, -0.1) is 12.4 Å². The van der Waals surface area contributed by atoms with Crippen molar-refractivity contribution >= 4 is 36.1 Å². The molecule has 9 rings (SSSR count). The number of aromatic amines is 2. The molecular formula is C68H73ClN4O12S. The van der Waals surface area contributed by atoms with E-state index < -0.39 is 11.9 Å². The molecule has 450 valence electrons. The first-order valence-electron chi connectivity index (χ1n) is 28.5. The number of carboxylic acid groups (broad SMARTS) is 1. The number of aromatic carboxylic acids is 1. The normalized spacial score (nSPS) is 10.7. The van der Waals surface area contributed by atoms with Crippen LogP contribution in [-0.2, 0) is 36.2 Å². The summed E-state index contributed by atoms with van der Waals surface area (Å²) in [5.41, 5.74) is 8.39. The Morgan fingerprint density at radius 1 is 0.547 bits per heavy atom. The molecule has 0 aliphatic carbocycles. The maximum atomic E-state index is 12.3. The van der Waals surface area contributed by atoms with Crippen LogP contribution in [0.5, 0.6) is 57.5 Å². The maximum Gasteiger partial charge on any atom is 0.341 e. The number of carbonyl (C=O) groups excluding carboxylic acids is 1. The summed E-state index contributed by atoms with van der Waals surface area (Å²) in [5, 5.41) is 31.7. The van der Waals surface area contributed by atoms with Gasteiger partial charge in [0.1, 0.15) is 68.6 Å².